The van der Waals surface area contributed by atoms with Crippen molar-refractivity contribution >= 4 is 5.69 Å². The van der Waals surface area contributed by atoms with E-state index in [9.17, 15) is 30.7 Å². The molecule has 0 fully saturated rings. The smallest absolute Gasteiger partial charge is 0.454 e. The summed E-state index contributed by atoms with van der Waals surface area (Å²) in [5, 5.41) is 1.55. The largest absolute Gasteiger partial charge is 0.497 e. The summed E-state index contributed by atoms with van der Waals surface area (Å²) in [4.78, 5) is 0. The number of rotatable bonds is 3. The molecule has 0 radical (unpaired) electrons. The summed E-state index contributed by atoms with van der Waals surface area (Å²) >= 11 is 0. The lowest BCUT2D eigenvalue weighted by atomic mass is 10.1. The Hall–Kier alpha value is -2.89. The first kappa shape index (κ1) is 19.4. The first-order valence-electron chi connectivity index (χ1n) is 6.92. The van der Waals surface area contributed by atoms with Gasteiger partial charge in [-0.15, -0.1) is 0 Å². The molecule has 1 atom stereocenters. The van der Waals surface area contributed by atoms with Gasteiger partial charge in [-0.1, -0.05) is 5.92 Å². The van der Waals surface area contributed by atoms with Crippen molar-refractivity contribution in [3.63, 3.8) is 0 Å². The van der Waals surface area contributed by atoms with E-state index in [1.807, 2.05) is 0 Å². The van der Waals surface area contributed by atoms with E-state index in [4.69, 9.17) is 4.74 Å². The highest BCUT2D eigenvalue weighted by molar-refractivity contribution is 5.51. The van der Waals surface area contributed by atoms with E-state index in [1.54, 1.807) is 11.2 Å². The van der Waals surface area contributed by atoms with Gasteiger partial charge in [0.1, 0.15) is 5.75 Å². The van der Waals surface area contributed by atoms with Gasteiger partial charge >= 0.3 is 12.0 Å². The molecule has 0 aliphatic rings. The predicted octanol–water partition coefficient (Wildman–Crippen LogP) is 4.80. The van der Waals surface area contributed by atoms with Crippen LogP contribution < -0.4 is 10.1 Å². The first-order chi connectivity index (χ1) is 12.1. The van der Waals surface area contributed by atoms with Crippen molar-refractivity contribution < 1.29 is 35.5 Å². The third-order valence-corrected chi connectivity index (χ3v) is 3.20. The van der Waals surface area contributed by atoms with Crippen molar-refractivity contribution in [2.24, 2.45) is 0 Å². The zero-order valence-corrected chi connectivity index (χ0v) is 13.0. The standard InChI is InChI=1S/C17H10F7NO/c1-26-12-5-3-11(4-6-12)25-16(21,17(22,23)24)9-8-10-2-7-13(18)15(20)14(10)19/h2-7,25H,1H3/t16-/m0/s1. The quantitative estimate of drug-likeness (QED) is 0.359. The lowest BCUT2D eigenvalue weighted by molar-refractivity contribution is -0.198. The third kappa shape index (κ3) is 4.02. The summed E-state index contributed by atoms with van der Waals surface area (Å²) in [6, 6.07) is 5.85. The summed E-state index contributed by atoms with van der Waals surface area (Å²) in [6.45, 7) is 0. The Labute approximate surface area is 143 Å². The minimum absolute atomic E-state index is 0.286. The SMILES string of the molecule is COc1ccc(N[C@@](F)(C#Cc2ccc(F)c(F)c2F)C(F)(F)F)cc1. The average Bonchev–Trinajstić information content (AvgIpc) is 2.59. The molecule has 0 aromatic heterocycles. The molecule has 2 rings (SSSR count). The number of nitrogens with one attached hydrogen (secondary N) is 1. The van der Waals surface area contributed by atoms with Crippen LogP contribution in [-0.4, -0.2) is 19.1 Å². The van der Waals surface area contributed by atoms with Gasteiger partial charge in [0.05, 0.1) is 12.7 Å². The van der Waals surface area contributed by atoms with E-state index in [1.165, 1.54) is 25.2 Å². The maximum atomic E-state index is 14.4. The van der Waals surface area contributed by atoms with Crippen molar-refractivity contribution in [2.45, 2.75) is 12.0 Å². The van der Waals surface area contributed by atoms with Gasteiger partial charge in [0.25, 0.3) is 0 Å². The lowest BCUT2D eigenvalue weighted by Crippen LogP contribution is -2.46. The van der Waals surface area contributed by atoms with Gasteiger partial charge in [0, 0.05) is 5.69 Å². The average molecular weight is 377 g/mol. The second-order valence-electron chi connectivity index (χ2n) is 4.98. The minimum atomic E-state index is -5.50. The molecule has 0 spiro atoms. The Morgan fingerprint density at radius 3 is 2.04 bits per heavy atom. The molecule has 2 aromatic rings. The number of anilines is 1. The van der Waals surface area contributed by atoms with Crippen LogP contribution >= 0.6 is 0 Å². The molecule has 9 heteroatoms. The van der Waals surface area contributed by atoms with Crippen LogP contribution in [0.5, 0.6) is 5.75 Å². The molecule has 1 N–H and O–H groups in total. The molecule has 0 aliphatic heterocycles. The van der Waals surface area contributed by atoms with Gasteiger partial charge in [-0.3, -0.25) is 0 Å². The molecule has 0 heterocycles. The van der Waals surface area contributed by atoms with E-state index in [0.717, 1.165) is 12.1 Å². The van der Waals surface area contributed by atoms with E-state index in [2.05, 4.69) is 0 Å². The van der Waals surface area contributed by atoms with Crippen LogP contribution in [0.25, 0.3) is 0 Å². The van der Waals surface area contributed by atoms with Gasteiger partial charge in [-0.05, 0) is 42.3 Å². The summed E-state index contributed by atoms with van der Waals surface area (Å²) in [5.41, 5.74) is -1.21. The zero-order chi connectivity index (χ0) is 19.5. The molecule has 26 heavy (non-hydrogen) atoms. The topological polar surface area (TPSA) is 21.3 Å². The highest BCUT2D eigenvalue weighted by atomic mass is 19.4. The molecule has 0 aliphatic carbocycles. The van der Waals surface area contributed by atoms with E-state index in [0.29, 0.717) is 17.9 Å². The highest BCUT2D eigenvalue weighted by Gasteiger charge is 2.56. The van der Waals surface area contributed by atoms with E-state index >= 15 is 0 Å². The van der Waals surface area contributed by atoms with Crippen LogP contribution in [0.4, 0.5) is 36.4 Å². The Bertz CT molecular complexity index is 852. The molecule has 0 saturated heterocycles. The predicted molar refractivity (Wildman–Crippen MR) is 79.7 cm³/mol. The van der Waals surface area contributed by atoms with Crippen molar-refractivity contribution in [2.75, 3.05) is 12.4 Å². The van der Waals surface area contributed by atoms with E-state index in [-0.39, 0.29) is 5.69 Å². The molecule has 0 saturated carbocycles. The second-order valence-corrected chi connectivity index (χ2v) is 4.98. The van der Waals surface area contributed by atoms with Gasteiger partial charge in [0.15, 0.2) is 17.5 Å². The zero-order valence-electron chi connectivity index (χ0n) is 13.0. The van der Waals surface area contributed by atoms with Gasteiger partial charge in [-0.25, -0.2) is 13.2 Å². The fourth-order valence-corrected chi connectivity index (χ4v) is 1.82. The molecular weight excluding hydrogens is 367 g/mol. The fraction of sp³-hybridized carbons (Fsp3) is 0.176. The summed E-state index contributed by atoms with van der Waals surface area (Å²) in [6.07, 6.45) is -5.50. The van der Waals surface area contributed by atoms with Crippen LogP contribution in [0.1, 0.15) is 5.56 Å². The van der Waals surface area contributed by atoms with Crippen molar-refractivity contribution in [1.82, 2.24) is 0 Å². The van der Waals surface area contributed by atoms with Crippen LogP contribution in [0.15, 0.2) is 36.4 Å². The fourth-order valence-electron chi connectivity index (χ4n) is 1.82. The number of methoxy groups -OCH3 is 1. The summed E-state index contributed by atoms with van der Waals surface area (Å²) in [7, 11) is 1.33. The maximum absolute atomic E-state index is 14.4. The molecule has 138 valence electrons. The van der Waals surface area contributed by atoms with Gasteiger partial charge in [-0.2, -0.15) is 17.6 Å². The molecule has 0 unspecified atom stereocenters. The maximum Gasteiger partial charge on any atom is 0.454 e. The lowest BCUT2D eigenvalue weighted by Gasteiger charge is -2.24. The van der Waals surface area contributed by atoms with Crippen molar-refractivity contribution in [1.29, 1.82) is 0 Å². The minimum Gasteiger partial charge on any atom is -0.497 e. The number of benzene rings is 2. The highest BCUT2D eigenvalue weighted by Crippen LogP contribution is 2.35. The third-order valence-electron chi connectivity index (χ3n) is 3.20. The van der Waals surface area contributed by atoms with Gasteiger partial charge < -0.3 is 10.1 Å². The van der Waals surface area contributed by atoms with Crippen LogP contribution in [0.2, 0.25) is 0 Å². The second kappa shape index (κ2) is 7.15. The summed E-state index contributed by atoms with van der Waals surface area (Å²) < 4.78 is 98.0. The van der Waals surface area contributed by atoms with Crippen LogP contribution in [-0.2, 0) is 0 Å². The van der Waals surface area contributed by atoms with Crippen LogP contribution in [0, 0.1) is 29.3 Å². The monoisotopic (exact) mass is 377 g/mol. The number of alkyl halides is 4. The van der Waals surface area contributed by atoms with Crippen molar-refractivity contribution in [3.8, 4) is 17.6 Å². The van der Waals surface area contributed by atoms with E-state index < -0.39 is 35.0 Å². The Morgan fingerprint density at radius 2 is 1.50 bits per heavy atom. The molecule has 0 amide bonds. The Balaban J connectivity index is 2.40. The summed E-state index contributed by atoms with van der Waals surface area (Å²) in [5.74, 6) is -6.47. The number of ether oxygens (including phenoxy) is 1. The first-order valence-corrected chi connectivity index (χ1v) is 6.92. The molecule has 2 nitrogen and oxygen atoms in total. The van der Waals surface area contributed by atoms with Crippen LogP contribution in [0.3, 0.4) is 0 Å². The molecule has 2 aromatic carbocycles. The van der Waals surface area contributed by atoms with Crippen molar-refractivity contribution in [3.05, 3.63) is 59.4 Å². The normalized spacial score (nSPS) is 13.4. The molecular formula is C17H10F7NO. The Morgan fingerprint density at radius 1 is 0.885 bits per heavy atom. The van der Waals surface area contributed by atoms with Gasteiger partial charge in [0.2, 0.25) is 0 Å². The number of hydrogen-bond donors (Lipinski definition) is 1. The number of hydrogen-bond acceptors (Lipinski definition) is 2. The Kier molecular flexibility index (Phi) is 5.35. The number of halogens is 7. The molecule has 0 bridgehead atoms.